The summed E-state index contributed by atoms with van der Waals surface area (Å²) in [5, 5.41) is 3.46. The van der Waals surface area contributed by atoms with Crippen LogP contribution in [0.5, 0.6) is 5.75 Å². The van der Waals surface area contributed by atoms with Crippen LogP contribution in [0.15, 0.2) is 18.2 Å². The van der Waals surface area contributed by atoms with Crippen LogP contribution in [0.4, 0.5) is 10.1 Å². The summed E-state index contributed by atoms with van der Waals surface area (Å²) >= 11 is 0. The van der Waals surface area contributed by atoms with E-state index in [-0.39, 0.29) is 11.9 Å². The molecule has 0 bridgehead atoms. The second-order valence-corrected chi connectivity index (χ2v) is 5.52. The normalized spacial score (nSPS) is 29.8. The predicted molar refractivity (Wildman–Crippen MR) is 70.5 cm³/mol. The molecule has 0 radical (unpaired) electrons. The highest BCUT2D eigenvalue weighted by Gasteiger charge is 2.35. The van der Waals surface area contributed by atoms with Crippen LogP contribution in [-0.4, -0.2) is 12.1 Å². The van der Waals surface area contributed by atoms with E-state index >= 15 is 0 Å². The topological polar surface area (TPSA) is 21.3 Å². The fourth-order valence-corrected chi connectivity index (χ4v) is 3.27. The largest absolute Gasteiger partial charge is 0.486 e. The maximum absolute atomic E-state index is 13.2. The van der Waals surface area contributed by atoms with Gasteiger partial charge < -0.3 is 10.1 Å². The van der Waals surface area contributed by atoms with Crippen LogP contribution in [0, 0.1) is 11.7 Å². The zero-order valence-electron chi connectivity index (χ0n) is 10.8. The number of nitrogens with one attached hydrogen (secondary N) is 1. The van der Waals surface area contributed by atoms with Crippen LogP contribution in [0.2, 0.25) is 0 Å². The average Bonchev–Trinajstić information content (AvgIpc) is 2.36. The number of halogens is 1. The third-order valence-corrected chi connectivity index (χ3v) is 4.15. The summed E-state index contributed by atoms with van der Waals surface area (Å²) in [5.41, 5.74) is 0.813. The lowest BCUT2D eigenvalue weighted by molar-refractivity contribution is 0.105. The molecule has 1 aromatic carbocycles. The van der Waals surface area contributed by atoms with Crippen molar-refractivity contribution >= 4 is 5.69 Å². The highest BCUT2D eigenvalue weighted by Crippen LogP contribution is 2.39. The fourth-order valence-electron chi connectivity index (χ4n) is 3.27. The van der Waals surface area contributed by atoms with E-state index in [4.69, 9.17) is 4.74 Å². The van der Waals surface area contributed by atoms with Gasteiger partial charge in [-0.1, -0.05) is 19.8 Å². The van der Waals surface area contributed by atoms with Gasteiger partial charge in [-0.2, -0.15) is 0 Å². The number of hydrogen-bond acceptors (Lipinski definition) is 2. The molecule has 18 heavy (non-hydrogen) atoms. The van der Waals surface area contributed by atoms with Crippen LogP contribution >= 0.6 is 0 Å². The molecule has 2 aliphatic rings. The summed E-state index contributed by atoms with van der Waals surface area (Å²) < 4.78 is 19.2. The molecule has 1 heterocycles. The van der Waals surface area contributed by atoms with Crippen molar-refractivity contribution in [1.82, 2.24) is 0 Å². The molecule has 0 spiro atoms. The lowest BCUT2D eigenvalue weighted by Crippen LogP contribution is -2.45. The monoisotopic (exact) mass is 249 g/mol. The number of rotatable bonds is 2. The van der Waals surface area contributed by atoms with E-state index in [2.05, 4.69) is 12.2 Å². The molecule has 0 saturated heterocycles. The Balaban J connectivity index is 1.76. The van der Waals surface area contributed by atoms with Crippen LogP contribution in [0.25, 0.3) is 0 Å². The molecule has 0 amide bonds. The fraction of sp³-hybridized carbons (Fsp3) is 0.600. The second-order valence-electron chi connectivity index (χ2n) is 5.52. The quantitative estimate of drug-likeness (QED) is 0.856. The first-order chi connectivity index (χ1) is 8.76. The van der Waals surface area contributed by atoms with Gasteiger partial charge in [0.05, 0.1) is 11.7 Å². The van der Waals surface area contributed by atoms with Crippen molar-refractivity contribution in [3.05, 3.63) is 24.0 Å². The molecule has 3 unspecified atom stereocenters. The van der Waals surface area contributed by atoms with E-state index in [0.717, 1.165) is 30.2 Å². The van der Waals surface area contributed by atoms with Gasteiger partial charge in [-0.3, -0.25) is 0 Å². The summed E-state index contributed by atoms with van der Waals surface area (Å²) in [6.45, 7) is 2.24. The lowest BCUT2D eigenvalue weighted by Gasteiger charge is -2.41. The van der Waals surface area contributed by atoms with E-state index in [1.165, 1.54) is 31.4 Å². The Kier molecular flexibility index (Phi) is 3.14. The van der Waals surface area contributed by atoms with Crippen molar-refractivity contribution in [2.24, 2.45) is 5.92 Å². The van der Waals surface area contributed by atoms with E-state index in [0.29, 0.717) is 6.04 Å². The molecule has 1 fully saturated rings. The van der Waals surface area contributed by atoms with Gasteiger partial charge in [-0.25, -0.2) is 4.39 Å². The van der Waals surface area contributed by atoms with Gasteiger partial charge in [0.25, 0.3) is 0 Å². The SMILES string of the molecule is CCCC1CCC2Oc3ccc(F)cc3NC2C1. The number of benzene rings is 1. The smallest absolute Gasteiger partial charge is 0.143 e. The second kappa shape index (κ2) is 4.79. The molecule has 3 rings (SSSR count). The molecule has 1 N–H and O–H groups in total. The molecule has 3 atom stereocenters. The Morgan fingerprint density at radius 2 is 2.28 bits per heavy atom. The maximum atomic E-state index is 13.2. The highest BCUT2D eigenvalue weighted by atomic mass is 19.1. The van der Waals surface area contributed by atoms with Crippen LogP contribution < -0.4 is 10.1 Å². The van der Waals surface area contributed by atoms with E-state index < -0.39 is 0 Å². The first-order valence-corrected chi connectivity index (χ1v) is 6.99. The molecule has 98 valence electrons. The molecule has 1 aliphatic carbocycles. The van der Waals surface area contributed by atoms with Gasteiger partial charge in [-0.05, 0) is 37.3 Å². The summed E-state index contributed by atoms with van der Waals surface area (Å²) in [7, 11) is 0. The van der Waals surface area contributed by atoms with Gasteiger partial charge in [0.15, 0.2) is 0 Å². The molecule has 1 saturated carbocycles. The summed E-state index contributed by atoms with van der Waals surface area (Å²) in [4.78, 5) is 0. The molecular weight excluding hydrogens is 229 g/mol. The van der Waals surface area contributed by atoms with Gasteiger partial charge in [0.1, 0.15) is 17.7 Å². The molecule has 3 heteroatoms. The number of fused-ring (bicyclic) bond motifs is 2. The van der Waals surface area contributed by atoms with Gasteiger partial charge in [0.2, 0.25) is 0 Å². The van der Waals surface area contributed by atoms with E-state index in [1.54, 1.807) is 6.07 Å². The minimum atomic E-state index is -0.204. The Bertz CT molecular complexity index is 435. The molecule has 2 nitrogen and oxygen atoms in total. The Labute approximate surface area is 108 Å². The zero-order chi connectivity index (χ0) is 12.5. The Hall–Kier alpha value is -1.25. The van der Waals surface area contributed by atoms with Crippen molar-refractivity contribution in [3.63, 3.8) is 0 Å². The Morgan fingerprint density at radius 3 is 3.11 bits per heavy atom. The van der Waals surface area contributed by atoms with E-state index in [9.17, 15) is 4.39 Å². The standard InChI is InChI=1S/C15H20FNO/c1-2-3-10-4-6-14-12(8-10)17-13-9-11(16)5-7-15(13)18-14/h5,7,9-10,12,14,17H,2-4,6,8H2,1H3. The molecule has 0 aromatic heterocycles. The van der Waals surface area contributed by atoms with Gasteiger partial charge >= 0.3 is 0 Å². The van der Waals surface area contributed by atoms with Crippen molar-refractivity contribution < 1.29 is 9.13 Å². The molecule has 1 aromatic rings. The van der Waals surface area contributed by atoms with Crippen LogP contribution in [0.3, 0.4) is 0 Å². The maximum Gasteiger partial charge on any atom is 0.143 e. The molecular formula is C15H20FNO. The number of anilines is 1. The summed E-state index contributed by atoms with van der Waals surface area (Å²) in [5.74, 6) is 1.39. The lowest BCUT2D eigenvalue weighted by atomic mass is 9.80. The van der Waals surface area contributed by atoms with Gasteiger partial charge in [-0.15, -0.1) is 0 Å². The Morgan fingerprint density at radius 1 is 1.39 bits per heavy atom. The zero-order valence-corrected chi connectivity index (χ0v) is 10.8. The van der Waals surface area contributed by atoms with Crippen molar-refractivity contribution in [2.45, 2.75) is 51.2 Å². The number of hydrogen-bond donors (Lipinski definition) is 1. The van der Waals surface area contributed by atoms with Crippen LogP contribution in [-0.2, 0) is 0 Å². The predicted octanol–water partition coefficient (Wildman–Crippen LogP) is 3.97. The number of ether oxygens (including phenoxy) is 1. The summed E-state index contributed by atoms with van der Waals surface area (Å²) in [6.07, 6.45) is 6.31. The highest BCUT2D eigenvalue weighted by molar-refractivity contribution is 5.59. The summed E-state index contributed by atoms with van der Waals surface area (Å²) in [6, 6.07) is 5.08. The van der Waals surface area contributed by atoms with Gasteiger partial charge in [0, 0.05) is 6.07 Å². The third-order valence-electron chi connectivity index (χ3n) is 4.15. The minimum Gasteiger partial charge on any atom is -0.486 e. The minimum absolute atomic E-state index is 0.204. The average molecular weight is 249 g/mol. The van der Waals surface area contributed by atoms with Crippen molar-refractivity contribution in [2.75, 3.05) is 5.32 Å². The van der Waals surface area contributed by atoms with Crippen molar-refractivity contribution in [3.8, 4) is 5.75 Å². The first-order valence-electron chi connectivity index (χ1n) is 6.99. The van der Waals surface area contributed by atoms with Crippen molar-refractivity contribution in [1.29, 1.82) is 0 Å². The van der Waals surface area contributed by atoms with Crippen LogP contribution in [0.1, 0.15) is 39.0 Å². The molecule has 1 aliphatic heterocycles. The third kappa shape index (κ3) is 2.18. The first kappa shape index (κ1) is 11.8. The van der Waals surface area contributed by atoms with E-state index in [1.807, 2.05) is 0 Å².